The van der Waals surface area contributed by atoms with Crippen molar-refractivity contribution in [1.82, 2.24) is 42.5 Å². The summed E-state index contributed by atoms with van der Waals surface area (Å²) < 4.78 is 0. The van der Waals surface area contributed by atoms with Gasteiger partial charge in [0.1, 0.15) is 36.3 Å². The van der Waals surface area contributed by atoms with Crippen molar-refractivity contribution in [2.45, 2.75) is 242 Å². The second-order valence-corrected chi connectivity index (χ2v) is 20.8. The number of nitrogens with two attached hydrogens (primary N) is 6. The fraction of sp³-hybridized carbons (Fsp3) is 0.833. The summed E-state index contributed by atoms with van der Waals surface area (Å²) in [5.74, 6) is -5.21. The number of rotatable bonds is 39. The Morgan fingerprint density at radius 3 is 1.47 bits per heavy atom. The number of carbonyl (C=O) groups excluding carboxylic acids is 8. The van der Waals surface area contributed by atoms with Gasteiger partial charge in [0.2, 0.25) is 47.3 Å². The zero-order valence-corrected chi connectivity index (χ0v) is 47.3. The average Bonchev–Trinajstić information content (AvgIpc) is 3.41. The van der Waals surface area contributed by atoms with Crippen LogP contribution >= 0.6 is 0 Å². The number of hydrogen-bond acceptors (Lipinski definition) is 14. The van der Waals surface area contributed by atoms with Gasteiger partial charge in [0, 0.05) is 13.1 Å². The molecule has 0 aliphatic carbocycles. The molecule has 0 aromatic rings. The fourth-order valence-electron chi connectivity index (χ4n) is 9.11. The van der Waals surface area contributed by atoms with E-state index in [0.717, 1.165) is 25.7 Å². The maximum Gasteiger partial charge on any atom is 0.243 e. The van der Waals surface area contributed by atoms with E-state index in [4.69, 9.17) is 34.4 Å². The van der Waals surface area contributed by atoms with Crippen molar-refractivity contribution in [3.63, 3.8) is 0 Å². The van der Waals surface area contributed by atoms with Crippen molar-refractivity contribution in [2.24, 2.45) is 39.4 Å². The van der Waals surface area contributed by atoms with Crippen LogP contribution in [0.3, 0.4) is 0 Å². The highest BCUT2D eigenvalue weighted by molar-refractivity contribution is 5.97. The SMILES string of the molecule is CCCCCCCCCCCCC[C@@H](O)CC(=O)NCC(=O)N[C@@H](CCCN=C(N)N)C(=O)NC1CCCCNC(=O)C(CCCCN)NC(=O)[C@@H](CCCCN)NC(=O)[C@@H](CCCCN)NC(=O)C(CCCCN)NC1=O. The van der Waals surface area contributed by atoms with Crippen molar-refractivity contribution >= 4 is 53.2 Å². The number of nitrogens with zero attached hydrogens (tertiary/aromatic N) is 1. The molecule has 1 fully saturated rings. The number of aliphatic imine (C=N–C) groups is 1. The highest BCUT2D eigenvalue weighted by atomic mass is 16.3. The zero-order chi connectivity index (χ0) is 57.8. The standard InChI is InChI=1S/C54H105N15O9/c1-2-3-4-5-6-7-8-9-10-11-12-24-39(70)37-46(71)63-38-47(72)64-41(30-23-36-62-54(59)60)49(74)66-45-29-17-22-35-61-48(73)40(25-13-18-31-55)65-50(75)42(26-14-19-32-56)67-51(76)43(27-15-20-33-57)68-52(77)44(69-53(45)78)28-16-21-34-58/h39-45,70H,2-38,55-58H2,1H3,(H,61,73)(H,63,71)(H,64,72)(H,65,75)(H,66,74)(H,67,76)(H,68,77)(H,69,78)(H4,59,60,62)/t39-,40?,41+,42-,43-,44?,45?/m1/s1. The summed E-state index contributed by atoms with van der Waals surface area (Å²) in [7, 11) is 0. The Morgan fingerprint density at radius 2 is 1.01 bits per heavy atom. The lowest BCUT2D eigenvalue weighted by Crippen LogP contribution is -2.59. The molecule has 0 radical (unpaired) electrons. The lowest BCUT2D eigenvalue weighted by atomic mass is 10.0. The first-order valence-corrected chi connectivity index (χ1v) is 29.5. The minimum atomic E-state index is -1.26. The highest BCUT2D eigenvalue weighted by Crippen LogP contribution is 2.15. The maximum atomic E-state index is 14.4. The van der Waals surface area contributed by atoms with Gasteiger partial charge in [0.15, 0.2) is 5.96 Å². The summed E-state index contributed by atoms with van der Waals surface area (Å²) in [5, 5.41) is 32.6. The van der Waals surface area contributed by atoms with E-state index in [9.17, 15) is 43.5 Å². The van der Waals surface area contributed by atoms with Crippen molar-refractivity contribution in [2.75, 3.05) is 45.8 Å². The molecule has 1 aliphatic rings. The van der Waals surface area contributed by atoms with Gasteiger partial charge in [-0.2, -0.15) is 0 Å². The van der Waals surface area contributed by atoms with Crippen molar-refractivity contribution in [3.8, 4) is 0 Å². The summed E-state index contributed by atoms with van der Waals surface area (Å²) in [6.45, 7) is 3.35. The van der Waals surface area contributed by atoms with Crippen molar-refractivity contribution in [3.05, 3.63) is 0 Å². The predicted octanol–water partition coefficient (Wildman–Crippen LogP) is 0.333. The summed E-state index contributed by atoms with van der Waals surface area (Å²) in [6.07, 6.45) is 18.0. The molecule has 0 bridgehead atoms. The zero-order valence-electron chi connectivity index (χ0n) is 47.3. The molecular formula is C54H105N15O9. The topological polar surface area (TPSA) is 422 Å². The van der Waals surface area contributed by atoms with E-state index in [-0.39, 0.29) is 76.8 Å². The van der Waals surface area contributed by atoms with Gasteiger partial charge >= 0.3 is 0 Å². The van der Waals surface area contributed by atoms with Crippen LogP contribution in [0.4, 0.5) is 0 Å². The molecule has 0 saturated carbocycles. The Bertz CT molecular complexity index is 1740. The molecular weight excluding hydrogens is 1000 g/mol. The third kappa shape index (κ3) is 34.7. The van der Waals surface area contributed by atoms with Crippen LogP contribution in [0.25, 0.3) is 0 Å². The van der Waals surface area contributed by atoms with Gasteiger partial charge in [-0.3, -0.25) is 43.3 Å². The van der Waals surface area contributed by atoms with Crippen LogP contribution in [-0.4, -0.2) is 146 Å². The summed E-state index contributed by atoms with van der Waals surface area (Å²) in [5.41, 5.74) is 34.2. The second kappa shape index (κ2) is 45.7. The van der Waals surface area contributed by atoms with E-state index in [2.05, 4.69) is 54.5 Å². The van der Waals surface area contributed by atoms with E-state index >= 15 is 0 Å². The molecule has 21 N–H and O–H groups in total. The number of aliphatic hydroxyl groups excluding tert-OH is 1. The van der Waals surface area contributed by atoms with Crippen LogP contribution in [0.1, 0.15) is 200 Å². The fourth-order valence-corrected chi connectivity index (χ4v) is 9.11. The van der Waals surface area contributed by atoms with Gasteiger partial charge in [0.25, 0.3) is 0 Å². The summed E-state index contributed by atoms with van der Waals surface area (Å²) in [4.78, 5) is 115. The van der Waals surface area contributed by atoms with Crippen LogP contribution in [0.15, 0.2) is 4.99 Å². The highest BCUT2D eigenvalue weighted by Gasteiger charge is 2.33. The Labute approximate surface area is 464 Å². The molecule has 0 aromatic carbocycles. The number of unbranched alkanes of at least 4 members (excludes halogenated alkanes) is 14. The number of nitrogens with one attached hydrogen (secondary N) is 8. The van der Waals surface area contributed by atoms with Gasteiger partial charge in [-0.05, 0) is 142 Å². The third-order valence-corrected chi connectivity index (χ3v) is 13.8. The Kier molecular flexibility index (Phi) is 41.5. The molecule has 24 nitrogen and oxygen atoms in total. The molecule has 0 aromatic heterocycles. The molecule has 1 heterocycles. The van der Waals surface area contributed by atoms with Gasteiger partial charge in [-0.25, -0.2) is 0 Å². The molecule has 24 heteroatoms. The van der Waals surface area contributed by atoms with Crippen molar-refractivity contribution in [1.29, 1.82) is 0 Å². The molecule has 1 rings (SSSR count). The molecule has 1 aliphatic heterocycles. The monoisotopic (exact) mass is 1110 g/mol. The number of hydrogen-bond donors (Lipinski definition) is 15. The smallest absolute Gasteiger partial charge is 0.243 e. The number of guanidine groups is 1. The number of aliphatic hydroxyl groups is 1. The number of amides is 8. The van der Waals surface area contributed by atoms with Gasteiger partial charge < -0.3 is 82.0 Å². The molecule has 3 unspecified atom stereocenters. The molecule has 450 valence electrons. The average molecular weight is 1110 g/mol. The minimum Gasteiger partial charge on any atom is -0.393 e. The quantitative estimate of drug-likeness (QED) is 0.0224. The van der Waals surface area contributed by atoms with E-state index in [1.165, 1.54) is 44.9 Å². The molecule has 7 atom stereocenters. The lowest BCUT2D eigenvalue weighted by molar-refractivity contribution is -0.135. The molecule has 1 saturated heterocycles. The van der Waals surface area contributed by atoms with Crippen molar-refractivity contribution < 1.29 is 43.5 Å². The first kappa shape index (κ1) is 70.8. The van der Waals surface area contributed by atoms with E-state index < -0.39 is 96.2 Å². The molecule has 78 heavy (non-hydrogen) atoms. The van der Waals surface area contributed by atoms with Gasteiger partial charge in [-0.1, -0.05) is 77.6 Å². The van der Waals surface area contributed by atoms with Crippen LogP contribution in [0, 0.1) is 0 Å². The largest absolute Gasteiger partial charge is 0.393 e. The van der Waals surface area contributed by atoms with Gasteiger partial charge in [0.05, 0.1) is 19.1 Å². The van der Waals surface area contributed by atoms with Crippen LogP contribution in [-0.2, 0) is 38.4 Å². The van der Waals surface area contributed by atoms with Crippen LogP contribution in [0.2, 0.25) is 0 Å². The number of carbonyl (C=O) groups is 8. The van der Waals surface area contributed by atoms with E-state index in [1.807, 2.05) is 0 Å². The maximum absolute atomic E-state index is 14.4. The summed E-state index contributed by atoms with van der Waals surface area (Å²) >= 11 is 0. The van der Waals surface area contributed by atoms with E-state index in [1.54, 1.807) is 0 Å². The van der Waals surface area contributed by atoms with E-state index in [0.29, 0.717) is 90.4 Å². The minimum absolute atomic E-state index is 0.0228. The predicted molar refractivity (Wildman–Crippen MR) is 305 cm³/mol. The normalized spacial score (nSPS) is 19.8. The Hall–Kier alpha value is -5.17. The second-order valence-electron chi connectivity index (χ2n) is 20.8. The first-order valence-electron chi connectivity index (χ1n) is 29.5. The third-order valence-electron chi connectivity index (χ3n) is 13.8. The summed E-state index contributed by atoms with van der Waals surface area (Å²) in [6, 6.07) is -6.87. The van der Waals surface area contributed by atoms with Crippen LogP contribution < -0.4 is 76.9 Å². The first-order chi connectivity index (χ1) is 37.6. The Morgan fingerprint density at radius 1 is 0.564 bits per heavy atom. The van der Waals surface area contributed by atoms with Crippen LogP contribution in [0.5, 0.6) is 0 Å². The lowest BCUT2D eigenvalue weighted by Gasteiger charge is -2.28. The molecule has 0 spiro atoms. The molecule has 8 amide bonds. The Balaban J connectivity index is 3.39. The van der Waals surface area contributed by atoms with Gasteiger partial charge in [-0.15, -0.1) is 0 Å².